The van der Waals surface area contributed by atoms with Gasteiger partial charge >= 0.3 is 0 Å². The average molecular weight is 1060 g/mol. The Morgan fingerprint density at radius 3 is 1.88 bits per heavy atom. The average Bonchev–Trinajstić information content (AvgIpc) is 3.82. The monoisotopic (exact) mass is 1060 g/mol. The maximum atomic E-state index is 12.1. The largest absolute Gasteiger partial charge is 0.394 e. The molecule has 5 saturated heterocycles. The molecule has 0 aromatic heterocycles. The molecule has 5 aliphatic heterocycles. The molecule has 14 N–H and O–H groups in total. The molecule has 0 bridgehead atoms. The number of fused-ring (bicyclic) bond motifs is 7. The van der Waals surface area contributed by atoms with Gasteiger partial charge in [0.25, 0.3) is 0 Å². The highest BCUT2D eigenvalue weighted by molar-refractivity contribution is 5.26. The van der Waals surface area contributed by atoms with Crippen LogP contribution in [0.5, 0.6) is 0 Å². The summed E-state index contributed by atoms with van der Waals surface area (Å²) in [5.41, 5.74) is 1.59. The van der Waals surface area contributed by atoms with Crippen LogP contribution in [0.25, 0.3) is 0 Å². The number of aliphatic hydroxyl groups excluding tert-OH is 13. The highest BCUT2D eigenvalue weighted by Crippen LogP contribution is 2.70. The fourth-order valence-corrected chi connectivity index (χ4v) is 14.8. The lowest BCUT2D eigenvalue weighted by atomic mass is 9.47. The van der Waals surface area contributed by atoms with Gasteiger partial charge in [0.2, 0.25) is 0 Å². The van der Waals surface area contributed by atoms with Gasteiger partial charge in [0, 0.05) is 12.3 Å². The van der Waals surface area contributed by atoms with E-state index in [1.807, 2.05) is 0 Å². The van der Waals surface area contributed by atoms with Gasteiger partial charge in [-0.25, -0.2) is 0 Å². The van der Waals surface area contributed by atoms with Crippen LogP contribution in [0.2, 0.25) is 0 Å². The van der Waals surface area contributed by atoms with Gasteiger partial charge in [-0.1, -0.05) is 44.6 Å². The Hall–Kier alpha value is -1.44. The van der Waals surface area contributed by atoms with Gasteiger partial charge in [0.1, 0.15) is 91.6 Å². The zero-order chi connectivity index (χ0) is 53.5. The van der Waals surface area contributed by atoms with Gasteiger partial charge in [-0.3, -0.25) is 0 Å². The molecule has 0 aromatic carbocycles. The first-order valence-corrected chi connectivity index (χ1v) is 26.6. The van der Waals surface area contributed by atoms with E-state index >= 15 is 0 Å². The third-order valence-corrected chi connectivity index (χ3v) is 19.2. The molecule has 0 unspecified atom stereocenters. The van der Waals surface area contributed by atoms with Crippen molar-refractivity contribution in [3.8, 4) is 0 Å². The number of hydrogen-bond donors (Lipinski definition) is 14. The molecule has 9 rings (SSSR count). The zero-order valence-corrected chi connectivity index (χ0v) is 42.5. The summed E-state index contributed by atoms with van der Waals surface area (Å²) in [7, 11) is 0. The first-order valence-electron chi connectivity index (χ1n) is 26.6. The fraction of sp³-hybridized carbons (Fsp3) is 0.922. The van der Waals surface area contributed by atoms with Crippen LogP contribution in [0.15, 0.2) is 23.8 Å². The summed E-state index contributed by atoms with van der Waals surface area (Å²) in [5.74, 6) is -0.401. The number of ether oxygens (including phenoxy) is 9. The van der Waals surface area contributed by atoms with Gasteiger partial charge in [0.15, 0.2) is 30.9 Å². The second-order valence-corrected chi connectivity index (χ2v) is 23.4. The lowest BCUT2D eigenvalue weighted by Crippen LogP contribution is -2.67. The minimum Gasteiger partial charge on any atom is -0.394 e. The van der Waals surface area contributed by atoms with E-state index in [-0.39, 0.29) is 41.8 Å². The molecule has 4 aliphatic carbocycles. The van der Waals surface area contributed by atoms with Crippen molar-refractivity contribution in [1.29, 1.82) is 0 Å². The minimum atomic E-state index is -1.86. The van der Waals surface area contributed by atoms with Crippen LogP contribution in [-0.2, 0) is 42.6 Å². The molecule has 30 atom stereocenters. The lowest BCUT2D eigenvalue weighted by molar-refractivity contribution is -0.389. The van der Waals surface area contributed by atoms with E-state index in [2.05, 4.69) is 33.4 Å². The minimum absolute atomic E-state index is 0.0495. The zero-order valence-electron chi connectivity index (χ0n) is 42.5. The van der Waals surface area contributed by atoms with E-state index in [9.17, 15) is 71.5 Å². The fourth-order valence-electron chi connectivity index (χ4n) is 14.8. The van der Waals surface area contributed by atoms with Crippen molar-refractivity contribution in [3.05, 3.63) is 23.8 Å². The van der Waals surface area contributed by atoms with Crippen LogP contribution < -0.4 is 0 Å². The maximum absolute atomic E-state index is 12.1. The Bertz CT molecular complexity index is 1960. The Balaban J connectivity index is 0.849. The van der Waals surface area contributed by atoms with Gasteiger partial charge in [-0.15, -0.1) is 0 Å². The predicted octanol–water partition coefficient (Wildman–Crippen LogP) is -3.09. The summed E-state index contributed by atoms with van der Waals surface area (Å²) >= 11 is 0. The molecule has 9 aliphatic rings. The Morgan fingerprint density at radius 2 is 1.23 bits per heavy atom. The molecule has 74 heavy (non-hydrogen) atoms. The summed E-state index contributed by atoms with van der Waals surface area (Å²) in [6, 6.07) is 0. The third kappa shape index (κ3) is 10.1. The molecule has 3 saturated carbocycles. The van der Waals surface area contributed by atoms with Crippen molar-refractivity contribution < 1.29 is 114 Å². The molecule has 0 amide bonds. The van der Waals surface area contributed by atoms with Crippen molar-refractivity contribution in [3.63, 3.8) is 0 Å². The van der Waals surface area contributed by atoms with E-state index in [0.717, 1.165) is 32.1 Å². The molecule has 8 fully saturated rings. The molecule has 0 spiro atoms. The molecule has 5 heterocycles. The predicted molar refractivity (Wildman–Crippen MR) is 250 cm³/mol. The molecule has 23 heteroatoms. The molecule has 0 aromatic rings. The topological polar surface area (TPSA) is 366 Å². The van der Waals surface area contributed by atoms with E-state index in [1.54, 1.807) is 0 Å². The molecule has 424 valence electrons. The van der Waals surface area contributed by atoms with Crippen LogP contribution in [0, 0.1) is 40.4 Å². The van der Waals surface area contributed by atoms with E-state index < -0.39 is 155 Å². The Labute approximate surface area is 430 Å². The van der Waals surface area contributed by atoms with E-state index in [4.69, 9.17) is 42.6 Å². The van der Waals surface area contributed by atoms with Gasteiger partial charge in [-0.05, 0) is 92.8 Å². The normalized spacial score (nSPS) is 54.4. The highest BCUT2D eigenvalue weighted by Gasteiger charge is 2.68. The van der Waals surface area contributed by atoms with Crippen LogP contribution in [0.3, 0.4) is 0 Å². The Morgan fingerprint density at radius 1 is 0.649 bits per heavy atom. The van der Waals surface area contributed by atoms with Crippen molar-refractivity contribution in [2.24, 2.45) is 40.4 Å². The summed E-state index contributed by atoms with van der Waals surface area (Å²) in [6.45, 7) is 10.2. The van der Waals surface area contributed by atoms with E-state index in [0.29, 0.717) is 42.6 Å². The second-order valence-electron chi connectivity index (χ2n) is 23.4. The highest BCUT2D eigenvalue weighted by atomic mass is 16.8. The molecule has 23 nitrogen and oxygen atoms in total. The van der Waals surface area contributed by atoms with Crippen molar-refractivity contribution in [1.82, 2.24) is 0 Å². The third-order valence-electron chi connectivity index (χ3n) is 19.2. The molecular weight excluding hydrogens is 981 g/mol. The number of aliphatic hydroxyl groups is 14. The van der Waals surface area contributed by atoms with Crippen LogP contribution in [-0.4, -0.2) is 239 Å². The first-order chi connectivity index (χ1) is 35.0. The maximum Gasteiger partial charge on any atom is 0.187 e. The standard InChI is InChI=1S/C51H82O23/c1-20(19-66-45-39(61)37(59)34(56)29(16-52)69-45)8-13-51(65)21(2)32-28(74-51)15-27-25-7-6-23-14-24(9-11-49(23,4)26(25)10-12-50(27,32)5)68-48-44(73-46-40(62)36(58)33(55)22(3)67-46)42(64)43(31(18-54)71-48)72-47-41(63)38(60)35(57)30(17-53)70-47/h6,21-22,24-48,52-65H,1,7-19H2,2-5H3/t21-,22-,24-,25+,26-,27+,28-,29+,30+,31+,32-,33-,34+,35+,36+,37-,38-,39+,40+,41+,42-,43+,44+,45+,46-,47-,48+,49-,50-,51+/m0/s1. The number of rotatable bonds is 15. The quantitative estimate of drug-likeness (QED) is 0.0723. The van der Waals surface area contributed by atoms with Crippen LogP contribution in [0.1, 0.15) is 85.5 Å². The van der Waals surface area contributed by atoms with E-state index in [1.165, 1.54) is 12.5 Å². The van der Waals surface area contributed by atoms with Crippen LogP contribution >= 0.6 is 0 Å². The van der Waals surface area contributed by atoms with Gasteiger partial charge in [-0.2, -0.15) is 0 Å². The summed E-state index contributed by atoms with van der Waals surface area (Å²) < 4.78 is 54.2. The lowest BCUT2D eigenvalue weighted by Gasteiger charge is -2.58. The molecule has 0 radical (unpaired) electrons. The van der Waals surface area contributed by atoms with Crippen molar-refractivity contribution >= 4 is 0 Å². The SMILES string of the molecule is C=C(CC[C@@]1(O)O[C@H]2C[C@@H]3[C@@H]4CC=C5C[C@@H](O[C@@H]6O[C@H](CO)[C@@H](O[C@@H]7O[C@H](CO)[C@@H](O)[C@H](O)[C@H]7O)[C@H](O)[C@H]6O[C@@H]6O[C@@H](C)[C@H](O)[C@@H](O)[C@H]6O)CC[C@]5(C)[C@H]4CC[C@]3(C)[C@H]2[C@@H]1C)CO[C@@H]1O[C@H](CO)[C@@H](O)[C@H](O)[C@H]1O. The molecular formula is C51H82O23. The number of hydrogen-bond acceptors (Lipinski definition) is 23. The number of allylic oxidation sites excluding steroid dienone is 1. The summed E-state index contributed by atoms with van der Waals surface area (Å²) in [6.07, 6.45) is -22.8. The van der Waals surface area contributed by atoms with Crippen LogP contribution in [0.4, 0.5) is 0 Å². The summed E-state index contributed by atoms with van der Waals surface area (Å²) in [4.78, 5) is 0. The summed E-state index contributed by atoms with van der Waals surface area (Å²) in [5, 5.41) is 148. The Kier molecular flexibility index (Phi) is 17.2. The van der Waals surface area contributed by atoms with Crippen molar-refractivity contribution in [2.45, 2.75) is 226 Å². The van der Waals surface area contributed by atoms with Gasteiger partial charge < -0.3 is 114 Å². The van der Waals surface area contributed by atoms with Crippen molar-refractivity contribution in [2.75, 3.05) is 26.4 Å². The van der Waals surface area contributed by atoms with Gasteiger partial charge in [0.05, 0.1) is 44.7 Å². The smallest absolute Gasteiger partial charge is 0.187 e. The first kappa shape index (κ1) is 57.3. The second kappa shape index (κ2) is 22.2.